The highest BCUT2D eigenvalue weighted by atomic mass is 35.5. The number of aliphatic hydroxyl groups excluding tert-OH is 1. The lowest BCUT2D eigenvalue weighted by Gasteiger charge is -2.16. The first-order valence-electron chi connectivity index (χ1n) is 6.19. The maximum atomic E-state index is 10.3. The zero-order valence-corrected chi connectivity index (χ0v) is 10.9. The van der Waals surface area contributed by atoms with Gasteiger partial charge in [0.25, 0.3) is 0 Å². The Kier molecular flexibility index (Phi) is 4.42. The van der Waals surface area contributed by atoms with E-state index >= 15 is 0 Å². The van der Waals surface area contributed by atoms with E-state index in [0.29, 0.717) is 17.4 Å². The van der Waals surface area contributed by atoms with Crippen LogP contribution in [0.2, 0.25) is 5.02 Å². The highest BCUT2D eigenvalue weighted by Gasteiger charge is 2.24. The van der Waals surface area contributed by atoms with E-state index in [1.54, 1.807) is 6.20 Å². The largest absolute Gasteiger partial charge is 0.387 e. The van der Waals surface area contributed by atoms with Gasteiger partial charge in [0.1, 0.15) is 0 Å². The summed E-state index contributed by atoms with van der Waals surface area (Å²) in [5, 5.41) is 15.0. The molecule has 1 aliphatic heterocycles. The van der Waals surface area contributed by atoms with Gasteiger partial charge in [-0.3, -0.25) is 4.68 Å². The number of ether oxygens (including phenoxy) is 1. The Morgan fingerprint density at radius 2 is 2.53 bits per heavy atom. The maximum absolute atomic E-state index is 10.3. The monoisotopic (exact) mass is 258 g/mol. The molecule has 0 aliphatic carbocycles. The Labute approximate surface area is 107 Å². The molecule has 96 valence electrons. The lowest BCUT2D eigenvalue weighted by Crippen LogP contribution is -2.13. The first-order valence-corrected chi connectivity index (χ1v) is 6.57. The van der Waals surface area contributed by atoms with E-state index in [2.05, 4.69) is 12.0 Å². The van der Waals surface area contributed by atoms with Crippen molar-refractivity contribution in [3.8, 4) is 0 Å². The van der Waals surface area contributed by atoms with Crippen LogP contribution < -0.4 is 0 Å². The third-order valence-electron chi connectivity index (χ3n) is 3.16. The van der Waals surface area contributed by atoms with Crippen LogP contribution in [0.1, 0.15) is 38.0 Å². The number of aromatic nitrogens is 2. The number of hydrogen-bond donors (Lipinski definition) is 1. The predicted molar refractivity (Wildman–Crippen MR) is 66.0 cm³/mol. The fourth-order valence-electron chi connectivity index (χ4n) is 2.29. The number of aliphatic hydroxyl groups is 1. The molecular weight excluding hydrogens is 240 g/mol. The number of aryl methyl sites for hydroxylation is 1. The van der Waals surface area contributed by atoms with Crippen molar-refractivity contribution < 1.29 is 9.84 Å². The zero-order chi connectivity index (χ0) is 12.3. The topological polar surface area (TPSA) is 47.3 Å². The Bertz CT molecular complexity index is 361. The van der Waals surface area contributed by atoms with Crippen LogP contribution in [-0.2, 0) is 11.3 Å². The van der Waals surface area contributed by atoms with Crippen LogP contribution in [0.3, 0.4) is 0 Å². The van der Waals surface area contributed by atoms with Gasteiger partial charge in [0.2, 0.25) is 0 Å². The Hall–Kier alpha value is -0.580. The number of hydrogen-bond acceptors (Lipinski definition) is 3. The van der Waals surface area contributed by atoms with Crippen LogP contribution in [0.5, 0.6) is 0 Å². The van der Waals surface area contributed by atoms with E-state index in [9.17, 15) is 5.11 Å². The molecule has 4 nitrogen and oxygen atoms in total. The summed E-state index contributed by atoms with van der Waals surface area (Å²) in [4.78, 5) is 0. The van der Waals surface area contributed by atoms with Crippen LogP contribution in [0.15, 0.2) is 6.20 Å². The molecule has 1 fully saturated rings. The van der Waals surface area contributed by atoms with Crippen molar-refractivity contribution in [3.63, 3.8) is 0 Å². The lowest BCUT2D eigenvalue weighted by atomic mass is 9.99. The number of halogens is 1. The van der Waals surface area contributed by atoms with E-state index in [4.69, 9.17) is 16.3 Å². The molecule has 0 aromatic carbocycles. The Balaban J connectivity index is 2.05. The molecule has 1 aliphatic rings. The quantitative estimate of drug-likeness (QED) is 0.882. The maximum Gasteiger partial charge on any atom is 0.0975 e. The standard InChI is InChI=1S/C12H19ClN2O2/c1-2-4-15-12(10(13)7-14-15)11(16)6-9-3-5-17-8-9/h7,9,11,16H,2-6,8H2,1H3. The van der Waals surface area contributed by atoms with Gasteiger partial charge in [-0.2, -0.15) is 5.10 Å². The van der Waals surface area contributed by atoms with Crippen LogP contribution in [0.25, 0.3) is 0 Å². The van der Waals surface area contributed by atoms with E-state index in [-0.39, 0.29) is 0 Å². The second-order valence-corrected chi connectivity index (χ2v) is 4.99. The average Bonchev–Trinajstić information content (AvgIpc) is 2.89. The van der Waals surface area contributed by atoms with Crippen LogP contribution in [0.4, 0.5) is 0 Å². The Morgan fingerprint density at radius 3 is 3.18 bits per heavy atom. The van der Waals surface area contributed by atoms with Crippen molar-refractivity contribution in [1.29, 1.82) is 0 Å². The molecule has 2 unspecified atom stereocenters. The van der Waals surface area contributed by atoms with E-state index in [1.807, 2.05) is 4.68 Å². The van der Waals surface area contributed by atoms with Crippen LogP contribution >= 0.6 is 11.6 Å². The van der Waals surface area contributed by atoms with E-state index < -0.39 is 6.10 Å². The number of nitrogens with zero attached hydrogens (tertiary/aromatic N) is 2. The summed E-state index contributed by atoms with van der Waals surface area (Å²) in [6.07, 6.45) is 3.78. The van der Waals surface area contributed by atoms with E-state index in [0.717, 1.165) is 38.3 Å². The second kappa shape index (κ2) is 5.85. The summed E-state index contributed by atoms with van der Waals surface area (Å²) >= 11 is 6.09. The van der Waals surface area contributed by atoms with Gasteiger partial charge in [-0.1, -0.05) is 18.5 Å². The SMILES string of the molecule is CCCn1ncc(Cl)c1C(O)CC1CCOC1. The molecule has 2 heterocycles. The first kappa shape index (κ1) is 12.9. The summed E-state index contributed by atoms with van der Waals surface area (Å²) in [6, 6.07) is 0. The molecule has 0 saturated carbocycles. The van der Waals surface area contributed by atoms with Gasteiger partial charge in [0.15, 0.2) is 0 Å². The molecule has 1 aromatic rings. The van der Waals surface area contributed by atoms with Gasteiger partial charge in [-0.05, 0) is 25.2 Å². The molecule has 5 heteroatoms. The minimum absolute atomic E-state index is 0.436. The lowest BCUT2D eigenvalue weighted by molar-refractivity contribution is 0.122. The van der Waals surface area contributed by atoms with Crippen molar-refractivity contribution in [3.05, 3.63) is 16.9 Å². The average molecular weight is 259 g/mol. The highest BCUT2D eigenvalue weighted by molar-refractivity contribution is 6.31. The summed E-state index contributed by atoms with van der Waals surface area (Å²) in [7, 11) is 0. The molecule has 0 bridgehead atoms. The summed E-state index contributed by atoms with van der Waals surface area (Å²) in [5.74, 6) is 0.436. The Morgan fingerprint density at radius 1 is 1.71 bits per heavy atom. The summed E-state index contributed by atoms with van der Waals surface area (Å²) < 4.78 is 7.13. The highest BCUT2D eigenvalue weighted by Crippen LogP contribution is 2.30. The molecule has 0 radical (unpaired) electrons. The molecule has 17 heavy (non-hydrogen) atoms. The first-order chi connectivity index (χ1) is 8.22. The number of rotatable bonds is 5. The third-order valence-corrected chi connectivity index (χ3v) is 3.46. The summed E-state index contributed by atoms with van der Waals surface area (Å²) in [5.41, 5.74) is 0.750. The van der Waals surface area contributed by atoms with Crippen LogP contribution in [-0.4, -0.2) is 28.1 Å². The van der Waals surface area contributed by atoms with Crippen molar-refractivity contribution in [2.24, 2.45) is 5.92 Å². The molecule has 0 amide bonds. The molecule has 1 saturated heterocycles. The second-order valence-electron chi connectivity index (χ2n) is 4.58. The summed E-state index contributed by atoms with van der Waals surface area (Å²) in [6.45, 7) is 4.42. The normalized spacial score (nSPS) is 21.9. The third kappa shape index (κ3) is 3.00. The van der Waals surface area contributed by atoms with Gasteiger partial charge in [0, 0.05) is 19.8 Å². The van der Waals surface area contributed by atoms with Crippen molar-refractivity contribution >= 4 is 11.6 Å². The fraction of sp³-hybridized carbons (Fsp3) is 0.750. The molecule has 2 atom stereocenters. The van der Waals surface area contributed by atoms with Crippen molar-refractivity contribution in [2.45, 2.75) is 38.8 Å². The smallest absolute Gasteiger partial charge is 0.0975 e. The fourth-order valence-corrected chi connectivity index (χ4v) is 2.56. The van der Waals surface area contributed by atoms with Gasteiger partial charge < -0.3 is 9.84 Å². The molecule has 0 spiro atoms. The molecular formula is C12H19ClN2O2. The zero-order valence-electron chi connectivity index (χ0n) is 10.1. The molecule has 2 rings (SSSR count). The predicted octanol–water partition coefficient (Wildman–Crippen LogP) is 2.41. The van der Waals surface area contributed by atoms with E-state index in [1.165, 1.54) is 0 Å². The van der Waals surface area contributed by atoms with Crippen LogP contribution in [0, 0.1) is 5.92 Å². The minimum Gasteiger partial charge on any atom is -0.387 e. The van der Waals surface area contributed by atoms with Gasteiger partial charge in [-0.15, -0.1) is 0 Å². The van der Waals surface area contributed by atoms with Crippen molar-refractivity contribution in [1.82, 2.24) is 9.78 Å². The minimum atomic E-state index is -0.539. The van der Waals surface area contributed by atoms with Crippen molar-refractivity contribution in [2.75, 3.05) is 13.2 Å². The van der Waals surface area contributed by atoms with Gasteiger partial charge in [0.05, 0.1) is 23.0 Å². The molecule has 1 N–H and O–H groups in total. The van der Waals surface area contributed by atoms with Gasteiger partial charge >= 0.3 is 0 Å². The molecule has 1 aromatic heterocycles. The van der Waals surface area contributed by atoms with Gasteiger partial charge in [-0.25, -0.2) is 0 Å².